The number of ether oxygens (including phenoxy) is 1. The minimum atomic E-state index is -0.293. The number of hydrogen-bond donors (Lipinski definition) is 0. The molecule has 0 aliphatic rings. The van der Waals surface area contributed by atoms with Gasteiger partial charge in [-0.2, -0.15) is 0 Å². The molecular formula is C12H16ClFO. The van der Waals surface area contributed by atoms with E-state index < -0.39 is 0 Å². The molecule has 0 saturated heterocycles. The van der Waals surface area contributed by atoms with E-state index in [2.05, 4.69) is 6.92 Å². The Morgan fingerprint density at radius 1 is 1.27 bits per heavy atom. The third-order valence-corrected chi connectivity index (χ3v) is 2.41. The lowest BCUT2D eigenvalue weighted by molar-refractivity contribution is 0.304. The molecule has 0 bridgehead atoms. The predicted octanol–water partition coefficient (Wildman–Crippen LogP) is 4.13. The Hall–Kier alpha value is -0.760. The van der Waals surface area contributed by atoms with Crippen molar-refractivity contribution in [2.24, 2.45) is 0 Å². The quantitative estimate of drug-likeness (QED) is 0.527. The van der Waals surface area contributed by atoms with Gasteiger partial charge in [0.25, 0.3) is 0 Å². The Morgan fingerprint density at radius 2 is 2.07 bits per heavy atom. The summed E-state index contributed by atoms with van der Waals surface area (Å²) in [5.41, 5.74) is 0.752. The van der Waals surface area contributed by atoms with Crippen LogP contribution in [0.1, 0.15) is 31.7 Å². The maximum absolute atomic E-state index is 13.1. The molecular weight excluding hydrogens is 215 g/mol. The lowest BCUT2D eigenvalue weighted by atomic mass is 10.2. The fraction of sp³-hybridized carbons (Fsp3) is 0.500. The highest BCUT2D eigenvalue weighted by atomic mass is 35.5. The molecule has 0 radical (unpaired) electrons. The molecule has 0 spiro atoms. The molecule has 3 heteroatoms. The molecule has 0 saturated carbocycles. The molecule has 0 aliphatic heterocycles. The van der Waals surface area contributed by atoms with Crippen molar-refractivity contribution in [3.8, 4) is 5.75 Å². The standard InChI is InChI=1S/C12H16ClFO/c1-2-3-4-5-15-12-7-10(9-13)6-11(14)8-12/h6-8H,2-5,9H2,1H3. The van der Waals surface area contributed by atoms with Gasteiger partial charge in [-0.1, -0.05) is 19.8 Å². The van der Waals surface area contributed by atoms with Crippen LogP contribution in [0, 0.1) is 5.82 Å². The van der Waals surface area contributed by atoms with E-state index in [0.29, 0.717) is 18.2 Å². The van der Waals surface area contributed by atoms with Gasteiger partial charge >= 0.3 is 0 Å². The van der Waals surface area contributed by atoms with Gasteiger partial charge in [0.05, 0.1) is 6.61 Å². The Kier molecular flexibility index (Phi) is 5.48. The van der Waals surface area contributed by atoms with Crippen molar-refractivity contribution in [3.63, 3.8) is 0 Å². The van der Waals surface area contributed by atoms with E-state index in [1.165, 1.54) is 12.1 Å². The topological polar surface area (TPSA) is 9.23 Å². The van der Waals surface area contributed by atoms with Crippen LogP contribution in [0.3, 0.4) is 0 Å². The first kappa shape index (κ1) is 12.3. The number of halogens is 2. The van der Waals surface area contributed by atoms with Crippen LogP contribution < -0.4 is 4.74 Å². The second-order valence-electron chi connectivity index (χ2n) is 3.48. The molecule has 0 unspecified atom stereocenters. The monoisotopic (exact) mass is 230 g/mol. The zero-order valence-electron chi connectivity index (χ0n) is 8.93. The Morgan fingerprint density at radius 3 is 2.73 bits per heavy atom. The summed E-state index contributed by atoms with van der Waals surface area (Å²) in [6.07, 6.45) is 3.29. The molecule has 1 aromatic rings. The lowest BCUT2D eigenvalue weighted by Gasteiger charge is -2.07. The molecule has 84 valence electrons. The molecule has 1 nitrogen and oxygen atoms in total. The van der Waals surface area contributed by atoms with Crippen LogP contribution in [0.4, 0.5) is 4.39 Å². The van der Waals surface area contributed by atoms with Gasteiger partial charge in [0, 0.05) is 11.9 Å². The van der Waals surface area contributed by atoms with E-state index in [1.807, 2.05) is 0 Å². The number of rotatable bonds is 6. The average molecular weight is 231 g/mol. The van der Waals surface area contributed by atoms with Crippen LogP contribution in [-0.2, 0) is 5.88 Å². The van der Waals surface area contributed by atoms with Crippen LogP contribution in [0.15, 0.2) is 18.2 Å². The van der Waals surface area contributed by atoms with Crippen LogP contribution >= 0.6 is 11.6 Å². The zero-order valence-corrected chi connectivity index (χ0v) is 9.69. The van der Waals surface area contributed by atoms with E-state index in [1.54, 1.807) is 6.07 Å². The molecule has 0 N–H and O–H groups in total. The van der Waals surface area contributed by atoms with E-state index in [9.17, 15) is 4.39 Å². The summed E-state index contributed by atoms with van der Waals surface area (Å²) in [5.74, 6) is 0.587. The van der Waals surface area contributed by atoms with Gasteiger partial charge in [-0.05, 0) is 24.1 Å². The van der Waals surface area contributed by atoms with Crippen molar-refractivity contribution in [1.29, 1.82) is 0 Å². The molecule has 0 fully saturated rings. The lowest BCUT2D eigenvalue weighted by Crippen LogP contribution is -1.98. The Balaban J connectivity index is 2.49. The fourth-order valence-electron chi connectivity index (χ4n) is 1.32. The van der Waals surface area contributed by atoms with E-state index in [4.69, 9.17) is 16.3 Å². The number of benzene rings is 1. The second kappa shape index (κ2) is 6.67. The van der Waals surface area contributed by atoms with Crippen LogP contribution in [0.5, 0.6) is 5.75 Å². The van der Waals surface area contributed by atoms with Gasteiger partial charge in [-0.25, -0.2) is 4.39 Å². The maximum atomic E-state index is 13.1. The van der Waals surface area contributed by atoms with Crippen molar-refractivity contribution in [3.05, 3.63) is 29.6 Å². The molecule has 0 aliphatic carbocycles. The summed E-state index contributed by atoms with van der Waals surface area (Å²) < 4.78 is 18.5. The average Bonchev–Trinajstić information content (AvgIpc) is 2.23. The molecule has 1 aromatic carbocycles. The maximum Gasteiger partial charge on any atom is 0.127 e. The first-order chi connectivity index (χ1) is 7.26. The third-order valence-electron chi connectivity index (χ3n) is 2.10. The van der Waals surface area contributed by atoms with Gasteiger partial charge in [0.2, 0.25) is 0 Å². The summed E-state index contributed by atoms with van der Waals surface area (Å²) in [6.45, 7) is 2.77. The molecule has 0 atom stereocenters. The molecule has 0 heterocycles. The summed E-state index contributed by atoms with van der Waals surface area (Å²) in [5, 5.41) is 0. The van der Waals surface area contributed by atoms with E-state index in [0.717, 1.165) is 24.8 Å². The highest BCUT2D eigenvalue weighted by Gasteiger charge is 2.00. The normalized spacial score (nSPS) is 10.3. The van der Waals surface area contributed by atoms with Crippen LogP contribution in [-0.4, -0.2) is 6.61 Å². The minimum absolute atomic E-state index is 0.293. The van der Waals surface area contributed by atoms with Gasteiger partial charge in [0.1, 0.15) is 11.6 Å². The van der Waals surface area contributed by atoms with Crippen molar-refractivity contribution >= 4 is 11.6 Å². The Labute approximate surface area is 95.2 Å². The van der Waals surface area contributed by atoms with Crippen LogP contribution in [0.2, 0.25) is 0 Å². The third kappa shape index (κ3) is 4.52. The highest BCUT2D eigenvalue weighted by Crippen LogP contribution is 2.18. The zero-order chi connectivity index (χ0) is 11.1. The summed E-state index contributed by atoms with van der Waals surface area (Å²) in [7, 11) is 0. The summed E-state index contributed by atoms with van der Waals surface area (Å²) >= 11 is 5.63. The molecule has 0 aromatic heterocycles. The van der Waals surface area contributed by atoms with Gasteiger partial charge < -0.3 is 4.74 Å². The predicted molar refractivity (Wildman–Crippen MR) is 61.0 cm³/mol. The van der Waals surface area contributed by atoms with Gasteiger partial charge in [-0.3, -0.25) is 0 Å². The number of unbranched alkanes of at least 4 members (excludes halogenated alkanes) is 2. The van der Waals surface area contributed by atoms with Crippen molar-refractivity contribution in [2.45, 2.75) is 32.1 Å². The van der Waals surface area contributed by atoms with E-state index in [-0.39, 0.29) is 5.82 Å². The summed E-state index contributed by atoms with van der Waals surface area (Å²) in [6, 6.07) is 4.59. The van der Waals surface area contributed by atoms with Gasteiger partial charge in [-0.15, -0.1) is 11.6 Å². The molecule has 1 rings (SSSR count). The first-order valence-electron chi connectivity index (χ1n) is 5.24. The Bertz CT molecular complexity index is 302. The minimum Gasteiger partial charge on any atom is -0.493 e. The molecule has 15 heavy (non-hydrogen) atoms. The highest BCUT2D eigenvalue weighted by molar-refractivity contribution is 6.17. The second-order valence-corrected chi connectivity index (χ2v) is 3.75. The number of alkyl halides is 1. The fourth-order valence-corrected chi connectivity index (χ4v) is 1.48. The van der Waals surface area contributed by atoms with Crippen molar-refractivity contribution in [1.82, 2.24) is 0 Å². The first-order valence-corrected chi connectivity index (χ1v) is 5.78. The van der Waals surface area contributed by atoms with Crippen molar-refractivity contribution < 1.29 is 9.13 Å². The van der Waals surface area contributed by atoms with E-state index >= 15 is 0 Å². The SMILES string of the molecule is CCCCCOc1cc(F)cc(CCl)c1. The largest absolute Gasteiger partial charge is 0.493 e. The number of hydrogen-bond acceptors (Lipinski definition) is 1. The smallest absolute Gasteiger partial charge is 0.127 e. The van der Waals surface area contributed by atoms with Crippen LogP contribution in [0.25, 0.3) is 0 Å². The van der Waals surface area contributed by atoms with Crippen molar-refractivity contribution in [2.75, 3.05) is 6.61 Å². The molecule has 0 amide bonds. The van der Waals surface area contributed by atoms with Gasteiger partial charge in [0.15, 0.2) is 0 Å². The summed E-state index contributed by atoms with van der Waals surface area (Å²) in [4.78, 5) is 0.